The molecular formula is C16H18O5. The zero-order chi connectivity index (χ0) is 15.4. The normalized spacial score (nSPS) is 10.6. The van der Waals surface area contributed by atoms with Gasteiger partial charge in [-0.05, 0) is 26.0 Å². The molecule has 0 aliphatic carbocycles. The lowest BCUT2D eigenvalue weighted by molar-refractivity contribution is 0.201. The van der Waals surface area contributed by atoms with Gasteiger partial charge in [0.25, 0.3) is 0 Å². The van der Waals surface area contributed by atoms with Gasteiger partial charge < -0.3 is 19.4 Å². The van der Waals surface area contributed by atoms with Gasteiger partial charge in [0, 0.05) is 12.5 Å². The van der Waals surface area contributed by atoms with E-state index in [0.717, 1.165) is 5.57 Å². The third kappa shape index (κ3) is 3.44. The van der Waals surface area contributed by atoms with Crippen LogP contribution in [0.25, 0.3) is 11.0 Å². The summed E-state index contributed by atoms with van der Waals surface area (Å²) < 4.78 is 10.5. The van der Waals surface area contributed by atoms with Crippen LogP contribution in [0, 0.1) is 0 Å². The molecule has 0 saturated carbocycles. The highest BCUT2D eigenvalue weighted by Crippen LogP contribution is 2.29. The lowest BCUT2D eigenvalue weighted by Gasteiger charge is -2.08. The summed E-state index contributed by atoms with van der Waals surface area (Å²) in [5.74, 6) is 0.406. The van der Waals surface area contributed by atoms with E-state index in [0.29, 0.717) is 17.6 Å². The van der Waals surface area contributed by atoms with Gasteiger partial charge in [-0.2, -0.15) is 0 Å². The van der Waals surface area contributed by atoms with E-state index >= 15 is 0 Å². The number of aromatic hydroxyl groups is 1. The standard InChI is InChI=1S/C16H18O5/c1-10(2)3-5-13-15(18)12-6-4-11(20-8-7-17)9-14(12)21-16(13)19/h3-4,6,9,17-18H,5,7-8H2,1-2H3. The van der Waals surface area contributed by atoms with Crippen LogP contribution >= 0.6 is 0 Å². The molecule has 0 radical (unpaired) electrons. The third-order valence-corrected chi connectivity index (χ3v) is 3.02. The summed E-state index contributed by atoms with van der Waals surface area (Å²) in [6, 6.07) is 4.81. The fourth-order valence-electron chi connectivity index (χ4n) is 1.94. The van der Waals surface area contributed by atoms with E-state index in [-0.39, 0.29) is 30.1 Å². The van der Waals surface area contributed by atoms with Crippen molar-refractivity contribution in [2.45, 2.75) is 20.3 Å². The smallest absolute Gasteiger partial charge is 0.343 e. The summed E-state index contributed by atoms with van der Waals surface area (Å²) in [6.45, 7) is 3.89. The van der Waals surface area contributed by atoms with E-state index in [9.17, 15) is 9.90 Å². The van der Waals surface area contributed by atoms with Crippen LogP contribution < -0.4 is 10.4 Å². The second-order valence-electron chi connectivity index (χ2n) is 4.93. The first kappa shape index (κ1) is 15.1. The van der Waals surface area contributed by atoms with Crippen LogP contribution in [-0.2, 0) is 6.42 Å². The SMILES string of the molecule is CC(C)=CCc1c(O)c2ccc(OCCO)cc2oc1=O. The molecule has 2 rings (SSSR count). The molecule has 0 bridgehead atoms. The Morgan fingerprint density at radius 2 is 2.14 bits per heavy atom. The molecule has 0 amide bonds. The largest absolute Gasteiger partial charge is 0.507 e. The Kier molecular flexibility index (Phi) is 4.65. The van der Waals surface area contributed by atoms with Crippen LogP contribution in [0.5, 0.6) is 11.5 Å². The van der Waals surface area contributed by atoms with Gasteiger partial charge in [0.1, 0.15) is 23.7 Å². The second-order valence-corrected chi connectivity index (χ2v) is 4.93. The molecule has 0 atom stereocenters. The lowest BCUT2D eigenvalue weighted by Crippen LogP contribution is -2.07. The Labute approximate surface area is 122 Å². The van der Waals surface area contributed by atoms with Crippen molar-refractivity contribution in [3.05, 3.63) is 45.8 Å². The molecule has 0 saturated heterocycles. The summed E-state index contributed by atoms with van der Waals surface area (Å²) in [4.78, 5) is 12.0. The Morgan fingerprint density at radius 1 is 1.38 bits per heavy atom. The molecular weight excluding hydrogens is 272 g/mol. The quantitative estimate of drug-likeness (QED) is 0.653. The molecule has 112 valence electrons. The van der Waals surface area contributed by atoms with Crippen LogP contribution in [-0.4, -0.2) is 23.4 Å². The maximum Gasteiger partial charge on any atom is 0.343 e. The molecule has 1 aromatic heterocycles. The predicted octanol–water partition coefficient (Wildman–Crippen LogP) is 2.38. The van der Waals surface area contributed by atoms with Crippen molar-refractivity contribution in [3.63, 3.8) is 0 Å². The van der Waals surface area contributed by atoms with Crippen molar-refractivity contribution in [2.75, 3.05) is 13.2 Å². The minimum atomic E-state index is -0.559. The van der Waals surface area contributed by atoms with Gasteiger partial charge in [-0.15, -0.1) is 0 Å². The van der Waals surface area contributed by atoms with Crippen LogP contribution in [0.15, 0.2) is 39.1 Å². The van der Waals surface area contributed by atoms with Crippen molar-refractivity contribution in [2.24, 2.45) is 0 Å². The van der Waals surface area contributed by atoms with Crippen molar-refractivity contribution in [1.82, 2.24) is 0 Å². The molecule has 0 spiro atoms. The third-order valence-electron chi connectivity index (χ3n) is 3.02. The number of ether oxygens (including phenoxy) is 1. The first-order valence-electron chi connectivity index (χ1n) is 6.68. The summed E-state index contributed by atoms with van der Waals surface area (Å²) >= 11 is 0. The Morgan fingerprint density at radius 3 is 2.81 bits per heavy atom. The second kappa shape index (κ2) is 6.45. The van der Waals surface area contributed by atoms with Gasteiger partial charge in [-0.25, -0.2) is 4.79 Å². The van der Waals surface area contributed by atoms with Crippen LogP contribution in [0.4, 0.5) is 0 Å². The topological polar surface area (TPSA) is 79.9 Å². The Hall–Kier alpha value is -2.27. The number of benzene rings is 1. The number of hydrogen-bond donors (Lipinski definition) is 2. The first-order chi connectivity index (χ1) is 10.0. The molecule has 0 aliphatic rings. The predicted molar refractivity (Wildman–Crippen MR) is 79.9 cm³/mol. The van der Waals surface area contributed by atoms with Gasteiger partial charge >= 0.3 is 5.63 Å². The minimum Gasteiger partial charge on any atom is -0.507 e. The lowest BCUT2D eigenvalue weighted by atomic mass is 10.1. The summed E-state index contributed by atoms with van der Waals surface area (Å²) in [7, 11) is 0. The molecule has 0 aliphatic heterocycles. The van der Waals surface area contributed by atoms with E-state index in [1.807, 2.05) is 19.9 Å². The summed E-state index contributed by atoms with van der Waals surface area (Å²) in [5, 5.41) is 19.4. The zero-order valence-electron chi connectivity index (χ0n) is 12.0. The van der Waals surface area contributed by atoms with Crippen molar-refractivity contribution >= 4 is 11.0 Å². The molecule has 0 fully saturated rings. The monoisotopic (exact) mass is 290 g/mol. The van der Waals surface area contributed by atoms with Gasteiger partial charge in [0.15, 0.2) is 0 Å². The van der Waals surface area contributed by atoms with E-state index in [4.69, 9.17) is 14.3 Å². The number of allylic oxidation sites excluding steroid dienone is 2. The Bertz CT molecular complexity index is 723. The summed E-state index contributed by atoms with van der Waals surface area (Å²) in [5.41, 5.74) is 1.00. The molecule has 5 nitrogen and oxygen atoms in total. The van der Waals surface area contributed by atoms with Crippen LogP contribution in [0.2, 0.25) is 0 Å². The average molecular weight is 290 g/mol. The molecule has 2 aromatic rings. The maximum atomic E-state index is 12.0. The maximum absolute atomic E-state index is 12.0. The fraction of sp³-hybridized carbons (Fsp3) is 0.312. The number of aliphatic hydroxyl groups is 1. The van der Waals surface area contributed by atoms with Gasteiger partial charge in [-0.3, -0.25) is 0 Å². The van der Waals surface area contributed by atoms with Crippen LogP contribution in [0.3, 0.4) is 0 Å². The molecule has 1 heterocycles. The highest BCUT2D eigenvalue weighted by molar-refractivity contribution is 5.85. The van der Waals surface area contributed by atoms with Crippen molar-refractivity contribution < 1.29 is 19.4 Å². The highest BCUT2D eigenvalue weighted by atomic mass is 16.5. The highest BCUT2D eigenvalue weighted by Gasteiger charge is 2.13. The first-order valence-corrected chi connectivity index (χ1v) is 6.68. The molecule has 2 N–H and O–H groups in total. The van der Waals surface area contributed by atoms with E-state index in [1.54, 1.807) is 12.1 Å². The number of rotatable bonds is 5. The van der Waals surface area contributed by atoms with Crippen molar-refractivity contribution in [1.29, 1.82) is 0 Å². The van der Waals surface area contributed by atoms with Crippen LogP contribution in [0.1, 0.15) is 19.4 Å². The minimum absolute atomic E-state index is 0.0625. The molecule has 5 heteroatoms. The molecule has 0 unspecified atom stereocenters. The van der Waals surface area contributed by atoms with Crippen molar-refractivity contribution in [3.8, 4) is 11.5 Å². The van der Waals surface area contributed by atoms with Gasteiger partial charge in [-0.1, -0.05) is 11.6 Å². The molecule has 21 heavy (non-hydrogen) atoms. The number of fused-ring (bicyclic) bond motifs is 1. The zero-order valence-corrected chi connectivity index (χ0v) is 12.0. The van der Waals surface area contributed by atoms with Gasteiger partial charge in [0.2, 0.25) is 0 Å². The summed E-state index contributed by atoms with van der Waals surface area (Å²) in [6.07, 6.45) is 2.19. The Balaban J connectivity index is 2.47. The molecule has 1 aromatic carbocycles. The van der Waals surface area contributed by atoms with Gasteiger partial charge in [0.05, 0.1) is 17.6 Å². The number of aliphatic hydroxyl groups excluding tert-OH is 1. The van der Waals surface area contributed by atoms with E-state index < -0.39 is 5.63 Å². The van der Waals surface area contributed by atoms with E-state index in [2.05, 4.69) is 0 Å². The van der Waals surface area contributed by atoms with E-state index in [1.165, 1.54) is 6.07 Å². The number of hydrogen-bond acceptors (Lipinski definition) is 5. The fourth-order valence-corrected chi connectivity index (χ4v) is 1.94. The average Bonchev–Trinajstić information content (AvgIpc) is 2.44.